The van der Waals surface area contributed by atoms with Crippen molar-refractivity contribution in [2.24, 2.45) is 0 Å². The SMILES string of the molecule is c1ccc(C2(c3ccccc3)c3ccccc3N(c3ccc(-c4nc(-c5ccc(N6c7ccccc7C(c7ccccc7)(c7ccccc7)c7ccccc76)cc5)n(-c5ccc(N6c7ccccc7C(c7ccccc7)(c7ccccc7)c7ccccc76)cc5)n4)cc3)c3ccccc32)cc1. The third kappa shape index (κ3) is 9.05. The minimum absolute atomic E-state index is 0.575. The summed E-state index contributed by atoms with van der Waals surface area (Å²) in [6, 6.07) is 146. The lowest BCUT2D eigenvalue weighted by atomic mass is 9.62. The summed E-state index contributed by atoms with van der Waals surface area (Å²) in [6.45, 7) is 0. The Balaban J connectivity index is 0.742. The topological polar surface area (TPSA) is 40.4 Å². The van der Waals surface area contributed by atoms with Gasteiger partial charge in [-0.1, -0.05) is 291 Å². The molecule has 1 aromatic heterocycles. The molecule has 476 valence electrons. The third-order valence-electron chi connectivity index (χ3n) is 21.3. The second kappa shape index (κ2) is 24.1. The molecule has 6 nitrogen and oxygen atoms in total. The lowest BCUT2D eigenvalue weighted by Gasteiger charge is -2.46. The van der Waals surface area contributed by atoms with E-state index in [9.17, 15) is 0 Å². The van der Waals surface area contributed by atoms with Gasteiger partial charge in [0.2, 0.25) is 0 Å². The van der Waals surface area contributed by atoms with E-state index in [1.807, 2.05) is 4.68 Å². The van der Waals surface area contributed by atoms with Crippen molar-refractivity contribution < 1.29 is 0 Å². The number of anilines is 9. The molecule has 15 aromatic carbocycles. The van der Waals surface area contributed by atoms with Crippen LogP contribution in [0.1, 0.15) is 66.8 Å². The van der Waals surface area contributed by atoms with Crippen molar-refractivity contribution in [3.8, 4) is 28.5 Å². The van der Waals surface area contributed by atoms with Crippen LogP contribution in [0.5, 0.6) is 0 Å². The average Bonchev–Trinajstić information content (AvgIpc) is 0.899. The number of nitrogens with zero attached hydrogens (tertiary/aromatic N) is 6. The zero-order valence-corrected chi connectivity index (χ0v) is 55.3. The van der Waals surface area contributed by atoms with Crippen molar-refractivity contribution in [3.05, 3.63) is 467 Å². The van der Waals surface area contributed by atoms with Gasteiger partial charge in [-0.2, -0.15) is 0 Å². The van der Waals surface area contributed by atoms with E-state index in [-0.39, 0.29) is 0 Å². The second-order valence-electron chi connectivity index (χ2n) is 26.3. The van der Waals surface area contributed by atoms with Crippen molar-refractivity contribution in [2.45, 2.75) is 16.2 Å². The number of para-hydroxylation sites is 6. The summed E-state index contributed by atoms with van der Waals surface area (Å²) in [5, 5.41) is 5.54. The molecule has 0 fully saturated rings. The van der Waals surface area contributed by atoms with Gasteiger partial charge in [-0.15, -0.1) is 5.10 Å². The van der Waals surface area contributed by atoms with Crippen LogP contribution in [0.4, 0.5) is 51.2 Å². The van der Waals surface area contributed by atoms with Crippen LogP contribution in [0.25, 0.3) is 28.5 Å². The van der Waals surface area contributed by atoms with Crippen LogP contribution in [0, 0.1) is 0 Å². The predicted molar refractivity (Wildman–Crippen MR) is 412 cm³/mol. The van der Waals surface area contributed by atoms with Crippen molar-refractivity contribution in [1.29, 1.82) is 0 Å². The minimum Gasteiger partial charge on any atom is -0.310 e. The molecule has 0 N–H and O–H groups in total. The molecule has 0 aliphatic carbocycles. The van der Waals surface area contributed by atoms with Crippen LogP contribution < -0.4 is 14.7 Å². The van der Waals surface area contributed by atoms with Crippen LogP contribution in [0.2, 0.25) is 0 Å². The number of rotatable bonds is 12. The van der Waals surface area contributed by atoms with Gasteiger partial charge in [0.1, 0.15) is 0 Å². The highest BCUT2D eigenvalue weighted by Gasteiger charge is 2.49. The lowest BCUT2D eigenvalue weighted by Crippen LogP contribution is -2.37. The molecule has 3 aliphatic heterocycles. The van der Waals surface area contributed by atoms with Crippen LogP contribution in [0.15, 0.2) is 400 Å². The molecule has 0 radical (unpaired) electrons. The molecule has 0 amide bonds. The maximum atomic E-state index is 5.59. The number of hydrogen-bond acceptors (Lipinski definition) is 5. The number of hydrogen-bond donors (Lipinski definition) is 0. The Morgan fingerprint density at radius 2 is 0.396 bits per heavy atom. The number of benzene rings is 15. The Kier molecular flexibility index (Phi) is 14.1. The van der Waals surface area contributed by atoms with Gasteiger partial charge in [0.25, 0.3) is 0 Å². The molecule has 0 atom stereocenters. The Bertz CT molecular complexity index is 5190. The van der Waals surface area contributed by atoms with Crippen molar-refractivity contribution >= 4 is 51.2 Å². The molecule has 6 heteroatoms. The van der Waals surface area contributed by atoms with Gasteiger partial charge in [0.05, 0.1) is 56.1 Å². The van der Waals surface area contributed by atoms with Gasteiger partial charge >= 0.3 is 0 Å². The van der Waals surface area contributed by atoms with E-state index in [0.29, 0.717) is 5.82 Å². The van der Waals surface area contributed by atoms with Crippen LogP contribution >= 0.6 is 0 Å². The Morgan fingerprint density at radius 3 is 0.653 bits per heavy atom. The summed E-state index contributed by atoms with van der Waals surface area (Å²) >= 11 is 0. The molecule has 16 aromatic rings. The first-order valence-corrected chi connectivity index (χ1v) is 34.7. The van der Waals surface area contributed by atoms with E-state index in [1.165, 1.54) is 66.8 Å². The van der Waals surface area contributed by atoms with E-state index < -0.39 is 16.2 Å². The summed E-state index contributed by atoms with van der Waals surface area (Å²) in [4.78, 5) is 12.9. The van der Waals surface area contributed by atoms with Gasteiger partial charge in [0.15, 0.2) is 11.6 Å². The molecule has 0 saturated heterocycles. The first-order chi connectivity index (χ1) is 50.1. The fraction of sp³-hybridized carbons (Fsp3) is 0.0316. The van der Waals surface area contributed by atoms with E-state index >= 15 is 0 Å². The Morgan fingerprint density at radius 1 is 0.188 bits per heavy atom. The first kappa shape index (κ1) is 59.1. The maximum absolute atomic E-state index is 5.59. The van der Waals surface area contributed by atoms with Crippen LogP contribution in [-0.2, 0) is 16.2 Å². The maximum Gasteiger partial charge on any atom is 0.182 e. The molecular weight excluding hydrogens is 1230 g/mol. The number of aromatic nitrogens is 3. The number of fused-ring (bicyclic) bond motifs is 6. The summed E-state index contributed by atoms with van der Waals surface area (Å²) in [6.07, 6.45) is 0. The van der Waals surface area contributed by atoms with Crippen LogP contribution in [-0.4, -0.2) is 14.8 Å². The molecule has 0 spiro atoms. The normalized spacial score (nSPS) is 14.1. The molecule has 0 saturated carbocycles. The quantitative estimate of drug-likeness (QED) is 0.122. The zero-order valence-electron chi connectivity index (χ0n) is 55.3. The molecule has 0 unspecified atom stereocenters. The molecule has 3 aliphatic rings. The highest BCUT2D eigenvalue weighted by molar-refractivity contribution is 5.93. The highest BCUT2D eigenvalue weighted by atomic mass is 15.4. The molecule has 4 heterocycles. The third-order valence-corrected chi connectivity index (χ3v) is 21.3. The molecule has 19 rings (SSSR count). The first-order valence-electron chi connectivity index (χ1n) is 34.7. The summed E-state index contributed by atoms with van der Waals surface area (Å²) in [5.74, 6) is 1.33. The van der Waals surface area contributed by atoms with Crippen LogP contribution in [0.3, 0.4) is 0 Å². The lowest BCUT2D eigenvalue weighted by molar-refractivity contribution is 0.731. The highest BCUT2D eigenvalue weighted by Crippen LogP contribution is 2.61. The smallest absolute Gasteiger partial charge is 0.182 e. The Hall–Kier alpha value is -13.2. The van der Waals surface area contributed by atoms with Crippen molar-refractivity contribution in [3.63, 3.8) is 0 Å². The molecule has 101 heavy (non-hydrogen) atoms. The van der Waals surface area contributed by atoms with Crippen molar-refractivity contribution in [1.82, 2.24) is 14.8 Å². The fourth-order valence-corrected chi connectivity index (χ4v) is 17.1. The molecule has 0 bridgehead atoms. The van der Waals surface area contributed by atoms with Gasteiger partial charge in [-0.05, 0) is 176 Å². The second-order valence-corrected chi connectivity index (χ2v) is 26.3. The summed E-state index contributed by atoms with van der Waals surface area (Å²) < 4.78 is 2.03. The van der Waals surface area contributed by atoms with Gasteiger partial charge in [0, 0.05) is 28.2 Å². The van der Waals surface area contributed by atoms with Gasteiger partial charge in [-0.25, -0.2) is 9.67 Å². The average molecular weight is 1290 g/mol. The zero-order chi connectivity index (χ0) is 66.9. The van der Waals surface area contributed by atoms with Gasteiger partial charge in [-0.3, -0.25) is 0 Å². The van der Waals surface area contributed by atoms with Gasteiger partial charge < -0.3 is 14.7 Å². The standard InChI is InChI=1S/C95H66N6/c1-7-31-69(32-8-1)93(70-33-9-2-10-34-70)79-43-19-25-49-85(79)98(86-50-26-20-44-80(86)93)75-59-55-67(56-60-75)91-96-92(68-57-61-76(62-58-68)99-87-51-27-21-45-81(87)94(71-35-11-3-12-36-71,72-37-13-4-14-38-72)82-46-22-28-52-88(82)99)101(97-91)78-65-63-77(64-66-78)100-89-53-29-23-47-83(89)95(73-39-15-5-16-40-73,74-41-17-6-18-42-74)84-48-24-30-54-90(84)100/h1-66H. The van der Waals surface area contributed by atoms with E-state index in [0.717, 1.165) is 73.8 Å². The van der Waals surface area contributed by atoms with E-state index in [1.54, 1.807) is 0 Å². The predicted octanol–water partition coefficient (Wildman–Crippen LogP) is 23.1. The largest absolute Gasteiger partial charge is 0.310 e. The molecular formula is C95H66N6. The summed E-state index contributed by atoms with van der Waals surface area (Å²) in [7, 11) is 0. The Labute approximate surface area is 588 Å². The monoisotopic (exact) mass is 1290 g/mol. The summed E-state index contributed by atoms with van der Waals surface area (Å²) in [5.41, 5.74) is 25.3. The minimum atomic E-state index is -0.582. The van der Waals surface area contributed by atoms with Crippen molar-refractivity contribution in [2.75, 3.05) is 14.7 Å². The van der Waals surface area contributed by atoms with E-state index in [2.05, 4.69) is 415 Å². The fourth-order valence-electron chi connectivity index (χ4n) is 17.1. The van der Waals surface area contributed by atoms with E-state index in [4.69, 9.17) is 10.1 Å².